The zero-order valence-electron chi connectivity index (χ0n) is 82.2. The molecular weight excluding hydrogens is 1880 g/mol. The van der Waals surface area contributed by atoms with Gasteiger partial charge in [0.2, 0.25) is 47.3 Å². The summed E-state index contributed by atoms with van der Waals surface area (Å²) in [4.78, 5) is 162. The van der Waals surface area contributed by atoms with Crippen molar-refractivity contribution in [1.82, 2.24) is 59.1 Å². The maximum absolute atomic E-state index is 15.3. The van der Waals surface area contributed by atoms with Crippen LogP contribution in [0, 0.1) is 80.6 Å². The summed E-state index contributed by atoms with van der Waals surface area (Å²) in [6.45, 7) is 9.94. The second kappa shape index (κ2) is 43.5. The average Bonchev–Trinajstić information content (AvgIpc) is 1.58. The number of Topliss-reactive ketones (excluding diaryl/α,β-unsaturated/α-hetero) is 4. The van der Waals surface area contributed by atoms with Gasteiger partial charge in [0.05, 0.1) is 31.3 Å². The first kappa shape index (κ1) is 102. The molecule has 27 nitrogen and oxygen atoms in total. The summed E-state index contributed by atoms with van der Waals surface area (Å²) in [5, 5.41) is 24.0. The van der Waals surface area contributed by atoms with E-state index in [2.05, 4.69) is 21.3 Å². The van der Waals surface area contributed by atoms with Gasteiger partial charge in [0.1, 0.15) is 97.8 Å². The van der Waals surface area contributed by atoms with Crippen LogP contribution < -0.4 is 21.3 Å². The van der Waals surface area contributed by atoms with E-state index in [1.807, 2.05) is 77.4 Å². The number of halogens is 6. The number of aromatic hydroxyl groups is 1. The van der Waals surface area contributed by atoms with Gasteiger partial charge in [0, 0.05) is 177 Å². The smallest absolute Gasteiger partial charge is 0.245 e. The van der Waals surface area contributed by atoms with Crippen LogP contribution in [0.2, 0.25) is 0 Å². The zero-order chi connectivity index (χ0) is 103. The number of alkyl halides is 2. The van der Waals surface area contributed by atoms with Crippen LogP contribution in [-0.4, -0.2) is 201 Å². The van der Waals surface area contributed by atoms with Crippen LogP contribution in [-0.2, 0) is 100 Å². The van der Waals surface area contributed by atoms with Crippen LogP contribution in [0.5, 0.6) is 5.75 Å². The number of aromatic nitrogens is 4. The van der Waals surface area contributed by atoms with E-state index in [1.54, 1.807) is 144 Å². The van der Waals surface area contributed by atoms with E-state index in [4.69, 9.17) is 9.47 Å². The number of phenolic OH excluding ortho intramolecular Hbond substituents is 1. The molecule has 8 amide bonds. The highest BCUT2D eigenvalue weighted by atomic mass is 19.2. The van der Waals surface area contributed by atoms with Gasteiger partial charge in [-0.1, -0.05) is 127 Å². The molecule has 8 heterocycles. The van der Waals surface area contributed by atoms with Gasteiger partial charge in [-0.3, -0.25) is 57.5 Å². The molecule has 0 unspecified atom stereocenters. The van der Waals surface area contributed by atoms with Gasteiger partial charge in [-0.05, 0) is 183 Å². The van der Waals surface area contributed by atoms with Crippen molar-refractivity contribution in [3.8, 4) is 5.75 Å². The van der Waals surface area contributed by atoms with E-state index >= 15 is 4.39 Å². The molecule has 4 aromatic heterocycles. The van der Waals surface area contributed by atoms with Gasteiger partial charge in [-0.15, -0.1) is 0 Å². The number of benzene rings is 8. The first-order valence-corrected chi connectivity index (χ1v) is 50.2. The molecule has 762 valence electrons. The van der Waals surface area contributed by atoms with E-state index in [0.29, 0.717) is 122 Å². The van der Waals surface area contributed by atoms with Crippen LogP contribution in [0.15, 0.2) is 189 Å². The fourth-order valence-electron chi connectivity index (χ4n) is 20.6. The van der Waals surface area contributed by atoms with E-state index in [9.17, 15) is 84.6 Å². The minimum Gasteiger partial charge on any atom is -0.508 e. The number of ether oxygens (including phenoxy) is 2. The monoisotopic (exact) mass is 2000 g/mol. The molecule has 12 aromatic rings. The van der Waals surface area contributed by atoms with Crippen molar-refractivity contribution in [3.63, 3.8) is 0 Å². The Morgan fingerprint density at radius 3 is 1.23 bits per heavy atom. The Kier molecular flexibility index (Phi) is 30.3. The fourth-order valence-corrected chi connectivity index (χ4v) is 20.6. The lowest BCUT2D eigenvalue weighted by molar-refractivity contribution is -0.142. The number of rotatable bonds is 32. The van der Waals surface area contributed by atoms with E-state index in [-0.39, 0.29) is 159 Å². The number of hydrogen-bond acceptors (Lipinski definition) is 15. The normalized spacial score (nSPS) is 20.7. The molecule has 4 saturated heterocycles. The summed E-state index contributed by atoms with van der Waals surface area (Å²) in [5.74, 6) is -3.30. The summed E-state index contributed by atoms with van der Waals surface area (Å²) in [5.41, 5.74) is 8.46. The van der Waals surface area contributed by atoms with Crippen LogP contribution in [0.25, 0.3) is 43.6 Å². The van der Waals surface area contributed by atoms with Crippen molar-refractivity contribution in [1.29, 1.82) is 0 Å². The number of ketones is 4. The number of carbonyl (C=O) groups excluding carboxylic acids is 12. The molecule has 10 atom stereocenters. The largest absolute Gasteiger partial charge is 0.508 e. The standard InChI is InChI=1S/C29H31F2N3O5.C29H32FN3O4.C28H28FN3O3.C27H27F2N3O3/c1-16-4-3-5-19(26(16)31)11-32-29(38)27-28(39-15-18-6-7-18)23(30)13-34(27)25(37)14-33-12-22(17(2)35)21-9-8-20(36)10-24(21)33;1-18-6-5-7-21(27(18)30)14-31-29(36)28-25(37-17-20-10-11-20)12-13-33(28)26(35)16-32-15-23(19(2)34)22-8-3-4-9-24(22)32;1-16-5-4-6-18(26(16)29)13-30-28(35)24-12-19-11-23(19)32(24)25(33)15-31-14-21(27(34)17-9-10-17)20-7-2-3-8-22(20)31;1-16-5-4-6-18(25(16)29)12-30-27(35)23-11-19(28)13-32(23)24(33)15-31-14-21(26(34)17-9-10-17)20-7-2-3-8-22(20)31/h3-5,8-10,12,18,23,27-28,36H,6-7,11,13-15H2,1-2H3,(H,32,38);3-9,15,20,25,28H,10-14,16-17H2,1-2H3,(H,31,36);2-8,14,17,19,23-24H,9-13,15H2,1H3,(H,30,35);2-8,14,17,19,23H,9-13,15H2,1H3,(H,30,35)/t23-,27-,28+;25-,28+;19-,23-,24+;19-,23+/m0111/s1. The van der Waals surface area contributed by atoms with Gasteiger partial charge in [0.15, 0.2) is 23.1 Å². The fraction of sp³-hybridized carbons (Fsp3) is 0.398. The SMILES string of the molecule is CC(=O)c1cn(CC(=O)N2CC[C@@H](OCC3CC3)[C@H]2C(=O)NCc2cccc(C)c2F)c2ccccc12.CC(=O)c1cn(CC(=O)N2C[C@H](F)[C@@H](OCC3CC3)[C@H]2C(=O)NCc2cccc(C)c2F)c2cc(O)ccc12.Cc1cccc(CNC(=O)[C@@H]2C[C@@H](F)CN2C(=O)Cn2cc(C(=O)C3CC3)c3ccccc32)c1F.Cc1cccc(CNC(=O)[C@@H]2C[C@H]3C[C@H]3N2C(=O)Cn2cc(C(=O)C3CC3)c3ccccc32)c1F. The minimum atomic E-state index is -1.59. The molecule has 0 spiro atoms. The van der Waals surface area contributed by atoms with Gasteiger partial charge in [-0.2, -0.15) is 0 Å². The number of nitrogens with one attached hydrogen (secondary N) is 4. The zero-order valence-corrected chi connectivity index (χ0v) is 82.2. The molecule has 5 saturated carbocycles. The van der Waals surface area contributed by atoms with E-state index in [1.165, 1.54) is 41.6 Å². The van der Waals surface area contributed by atoms with Crippen molar-refractivity contribution < 1.29 is 98.5 Å². The lowest BCUT2D eigenvalue weighted by Crippen LogP contribution is -2.51. The molecule has 0 radical (unpaired) electrons. The van der Waals surface area contributed by atoms with Gasteiger partial charge in [-0.25, -0.2) is 26.3 Å². The van der Waals surface area contributed by atoms with Crippen LogP contribution in [0.4, 0.5) is 26.3 Å². The molecule has 4 aliphatic heterocycles. The Balaban J connectivity index is 0.000000128. The number of likely N-dealkylation sites (tertiary alicyclic amines) is 4. The average molecular weight is 2000 g/mol. The second-order valence-electron chi connectivity index (χ2n) is 40.3. The first-order chi connectivity index (χ1) is 70.2. The number of fused-ring (bicyclic) bond motifs is 5. The van der Waals surface area contributed by atoms with Crippen molar-refractivity contribution >= 4 is 114 Å². The van der Waals surface area contributed by atoms with E-state index in [0.717, 1.165) is 95.4 Å². The first-order valence-electron chi connectivity index (χ1n) is 50.2. The Morgan fingerprint density at radius 2 is 0.774 bits per heavy atom. The number of para-hydroxylation sites is 3. The third kappa shape index (κ3) is 22.5. The number of hydrogen-bond donors (Lipinski definition) is 5. The highest BCUT2D eigenvalue weighted by Crippen LogP contribution is 2.49. The van der Waals surface area contributed by atoms with Crippen LogP contribution >= 0.6 is 0 Å². The second-order valence-corrected chi connectivity index (χ2v) is 40.3. The Hall–Kier alpha value is -14.3. The topological polar surface area (TPSA) is 324 Å². The molecule has 5 N–H and O–H groups in total. The minimum absolute atomic E-state index is 0.000569. The van der Waals surface area contributed by atoms with Crippen molar-refractivity contribution in [3.05, 3.63) is 279 Å². The number of piperidine rings is 1. The number of phenols is 1. The highest BCUT2D eigenvalue weighted by molar-refractivity contribution is 6.12. The predicted molar refractivity (Wildman–Crippen MR) is 533 cm³/mol. The maximum Gasteiger partial charge on any atom is 0.245 e. The van der Waals surface area contributed by atoms with Crippen molar-refractivity contribution in [2.75, 3.05) is 32.8 Å². The van der Waals surface area contributed by atoms with E-state index < -0.39 is 84.0 Å². The third-order valence-corrected chi connectivity index (χ3v) is 29.5. The van der Waals surface area contributed by atoms with Crippen molar-refractivity contribution in [2.45, 2.75) is 226 Å². The Morgan fingerprint density at radius 1 is 0.384 bits per heavy atom. The summed E-state index contributed by atoms with van der Waals surface area (Å²) < 4.78 is 106. The molecule has 5 aliphatic carbocycles. The Bertz CT molecular complexity index is 7040. The molecule has 8 aromatic carbocycles. The molecule has 9 aliphatic rings. The van der Waals surface area contributed by atoms with Crippen LogP contribution in [0.1, 0.15) is 177 Å². The molecule has 0 bridgehead atoms. The van der Waals surface area contributed by atoms with Gasteiger partial charge < -0.3 is 73.7 Å². The molecular formula is C113H118F6N12O15. The summed E-state index contributed by atoms with van der Waals surface area (Å²) in [6, 6.07) is 43.5. The maximum atomic E-state index is 15.3. The highest BCUT2D eigenvalue weighted by Gasteiger charge is 2.57. The number of aryl methyl sites for hydroxylation is 4. The molecule has 146 heavy (non-hydrogen) atoms. The molecule has 21 rings (SSSR count). The predicted octanol–water partition coefficient (Wildman–Crippen LogP) is 15.6. The summed E-state index contributed by atoms with van der Waals surface area (Å²) in [7, 11) is 0. The summed E-state index contributed by atoms with van der Waals surface area (Å²) in [6.07, 6.45) is 12.1. The molecule has 9 fully saturated rings. The molecule has 33 heteroatoms. The number of amides is 8. The van der Waals surface area contributed by atoms with Crippen molar-refractivity contribution in [2.24, 2.45) is 29.6 Å². The van der Waals surface area contributed by atoms with Gasteiger partial charge in [0.25, 0.3) is 0 Å². The lowest BCUT2D eigenvalue weighted by atomic mass is 10.1. The van der Waals surface area contributed by atoms with Crippen LogP contribution in [0.3, 0.4) is 0 Å². The number of carbonyl (C=O) groups is 12. The quantitative estimate of drug-likeness (QED) is 0.0193. The number of nitrogens with zero attached hydrogens (tertiary/aromatic N) is 8. The lowest BCUT2D eigenvalue weighted by Gasteiger charge is -2.28. The Labute approximate surface area is 839 Å². The third-order valence-electron chi connectivity index (χ3n) is 29.5. The summed E-state index contributed by atoms with van der Waals surface area (Å²) >= 11 is 0. The van der Waals surface area contributed by atoms with Gasteiger partial charge >= 0.3 is 0 Å².